The first-order chi connectivity index (χ1) is 8.68. The number of nitrogens with one attached hydrogen (secondary N) is 2. The molecule has 2 rings (SSSR count). The van der Waals surface area contributed by atoms with Gasteiger partial charge in [0, 0.05) is 43.8 Å². The van der Waals surface area contributed by atoms with Crippen LogP contribution < -0.4 is 10.9 Å². The average molecular weight is 247 g/mol. The van der Waals surface area contributed by atoms with Gasteiger partial charge in [0.2, 0.25) is 0 Å². The minimum atomic E-state index is -0.0908. The number of rotatable bonds is 5. The van der Waals surface area contributed by atoms with E-state index in [1.54, 1.807) is 29.4 Å². The second kappa shape index (κ2) is 5.48. The fourth-order valence-electron chi connectivity index (χ4n) is 1.69. The van der Waals surface area contributed by atoms with Crippen molar-refractivity contribution in [1.29, 1.82) is 0 Å². The largest absolute Gasteiger partial charge is 0.365 e. The van der Waals surface area contributed by atoms with Gasteiger partial charge in [0.1, 0.15) is 5.82 Å². The molecule has 0 aromatic carbocycles. The summed E-state index contributed by atoms with van der Waals surface area (Å²) >= 11 is 0. The maximum Gasteiger partial charge on any atom is 0.293 e. The molecule has 96 valence electrons. The zero-order chi connectivity index (χ0) is 13.0. The van der Waals surface area contributed by atoms with Crippen LogP contribution >= 0.6 is 0 Å². The summed E-state index contributed by atoms with van der Waals surface area (Å²) in [5.41, 5.74) is -0.0908. The van der Waals surface area contributed by atoms with Crippen molar-refractivity contribution in [3.63, 3.8) is 0 Å². The molecule has 2 N–H and O–H groups in total. The Morgan fingerprint density at radius 2 is 2.22 bits per heavy atom. The highest BCUT2D eigenvalue weighted by Gasteiger charge is 2.06. The summed E-state index contributed by atoms with van der Waals surface area (Å²) in [7, 11) is 0. The predicted octanol–water partition coefficient (Wildman–Crippen LogP) is 1.20. The topological polar surface area (TPSA) is 75.6 Å². The average Bonchev–Trinajstić information content (AvgIpc) is 2.84. The van der Waals surface area contributed by atoms with Gasteiger partial charge >= 0.3 is 0 Å². The minimum Gasteiger partial charge on any atom is -0.365 e. The molecule has 0 unspecified atom stereocenters. The van der Waals surface area contributed by atoms with Crippen molar-refractivity contribution < 1.29 is 0 Å². The van der Waals surface area contributed by atoms with Crippen LogP contribution in [0.2, 0.25) is 0 Å². The number of imidazole rings is 1. The van der Waals surface area contributed by atoms with E-state index in [9.17, 15) is 4.79 Å². The van der Waals surface area contributed by atoms with E-state index in [-0.39, 0.29) is 11.6 Å². The van der Waals surface area contributed by atoms with Crippen LogP contribution in [0, 0.1) is 0 Å². The molecule has 0 saturated heterocycles. The Hall–Kier alpha value is -2.11. The molecule has 0 amide bonds. The lowest BCUT2D eigenvalue weighted by atomic mass is 10.3. The number of aromatic amines is 1. The lowest BCUT2D eigenvalue weighted by Crippen LogP contribution is -2.26. The molecule has 0 atom stereocenters. The lowest BCUT2D eigenvalue weighted by molar-refractivity contribution is 0.575. The predicted molar refractivity (Wildman–Crippen MR) is 69.7 cm³/mol. The van der Waals surface area contributed by atoms with Crippen LogP contribution in [0.1, 0.15) is 25.7 Å². The molecule has 0 aliphatic rings. The molecule has 0 aliphatic carbocycles. The lowest BCUT2D eigenvalue weighted by Gasteiger charge is -2.11. The van der Waals surface area contributed by atoms with E-state index in [2.05, 4.69) is 20.3 Å². The van der Waals surface area contributed by atoms with Gasteiger partial charge in [-0.1, -0.05) is 0 Å². The summed E-state index contributed by atoms with van der Waals surface area (Å²) in [4.78, 5) is 23.2. The molecule has 0 aliphatic heterocycles. The first-order valence-corrected chi connectivity index (χ1v) is 5.97. The Bertz CT molecular complexity index is 544. The van der Waals surface area contributed by atoms with Crippen LogP contribution in [0.25, 0.3) is 0 Å². The molecular weight excluding hydrogens is 230 g/mol. The summed E-state index contributed by atoms with van der Waals surface area (Å²) in [5.74, 6) is 1.28. The van der Waals surface area contributed by atoms with E-state index in [4.69, 9.17) is 0 Å². The van der Waals surface area contributed by atoms with Gasteiger partial charge in [0.05, 0.1) is 0 Å². The van der Waals surface area contributed by atoms with Crippen LogP contribution in [-0.2, 0) is 6.42 Å². The first kappa shape index (κ1) is 12.3. The normalized spacial score (nSPS) is 10.8. The molecule has 2 aromatic rings. The van der Waals surface area contributed by atoms with Crippen LogP contribution in [0.3, 0.4) is 0 Å². The molecule has 18 heavy (non-hydrogen) atoms. The molecule has 0 saturated carbocycles. The van der Waals surface area contributed by atoms with Crippen molar-refractivity contribution in [2.75, 3.05) is 11.9 Å². The maximum absolute atomic E-state index is 12.0. The molecular formula is C12H17N5O. The van der Waals surface area contributed by atoms with Gasteiger partial charge in [0.25, 0.3) is 5.56 Å². The highest BCUT2D eigenvalue weighted by Crippen LogP contribution is 2.01. The van der Waals surface area contributed by atoms with Crippen LogP contribution in [0.4, 0.5) is 5.82 Å². The van der Waals surface area contributed by atoms with Crippen molar-refractivity contribution >= 4 is 5.82 Å². The number of hydrogen-bond acceptors (Lipinski definition) is 4. The fraction of sp³-hybridized carbons (Fsp3) is 0.417. The monoisotopic (exact) mass is 247 g/mol. The van der Waals surface area contributed by atoms with Crippen LogP contribution in [0.15, 0.2) is 29.6 Å². The quantitative estimate of drug-likeness (QED) is 0.832. The Morgan fingerprint density at radius 3 is 2.89 bits per heavy atom. The van der Waals surface area contributed by atoms with Gasteiger partial charge in [-0.25, -0.2) is 9.97 Å². The first-order valence-electron chi connectivity index (χ1n) is 5.97. The third-order valence-corrected chi connectivity index (χ3v) is 2.63. The van der Waals surface area contributed by atoms with Crippen molar-refractivity contribution in [1.82, 2.24) is 19.5 Å². The second-order valence-electron chi connectivity index (χ2n) is 4.29. The van der Waals surface area contributed by atoms with Gasteiger partial charge in [-0.05, 0) is 13.8 Å². The van der Waals surface area contributed by atoms with Gasteiger partial charge < -0.3 is 14.9 Å². The second-order valence-corrected chi connectivity index (χ2v) is 4.29. The van der Waals surface area contributed by atoms with E-state index < -0.39 is 0 Å². The Balaban J connectivity index is 2.01. The van der Waals surface area contributed by atoms with Crippen LogP contribution in [0.5, 0.6) is 0 Å². The van der Waals surface area contributed by atoms with Gasteiger partial charge in [-0.3, -0.25) is 4.79 Å². The molecule has 0 bridgehead atoms. The number of hydrogen-bond donors (Lipinski definition) is 2. The highest BCUT2D eigenvalue weighted by molar-refractivity contribution is 5.30. The van der Waals surface area contributed by atoms with E-state index >= 15 is 0 Å². The van der Waals surface area contributed by atoms with Crippen LogP contribution in [-0.4, -0.2) is 26.1 Å². The minimum absolute atomic E-state index is 0.0908. The third kappa shape index (κ3) is 2.77. The zero-order valence-electron chi connectivity index (χ0n) is 10.6. The van der Waals surface area contributed by atoms with E-state index in [0.29, 0.717) is 12.4 Å². The summed E-state index contributed by atoms with van der Waals surface area (Å²) < 4.78 is 1.65. The van der Waals surface area contributed by atoms with E-state index in [1.165, 1.54) is 0 Å². The summed E-state index contributed by atoms with van der Waals surface area (Å²) in [6, 6.07) is 0.131. The van der Waals surface area contributed by atoms with Gasteiger partial charge in [-0.15, -0.1) is 0 Å². The fourth-order valence-corrected chi connectivity index (χ4v) is 1.69. The summed E-state index contributed by atoms with van der Waals surface area (Å²) in [5, 5.41) is 3.04. The van der Waals surface area contributed by atoms with Crippen molar-refractivity contribution in [2.24, 2.45) is 0 Å². The van der Waals surface area contributed by atoms with Gasteiger partial charge in [-0.2, -0.15) is 0 Å². The molecule has 2 aromatic heterocycles. The maximum atomic E-state index is 12.0. The molecule has 0 spiro atoms. The Labute approximate surface area is 105 Å². The van der Waals surface area contributed by atoms with Crippen molar-refractivity contribution in [3.05, 3.63) is 41.0 Å². The number of anilines is 1. The smallest absolute Gasteiger partial charge is 0.293 e. The summed E-state index contributed by atoms with van der Waals surface area (Å²) in [6.07, 6.45) is 7.55. The number of aromatic nitrogens is 4. The number of H-pyrrole nitrogens is 1. The zero-order valence-corrected chi connectivity index (χ0v) is 10.6. The van der Waals surface area contributed by atoms with Crippen molar-refractivity contribution in [3.8, 4) is 0 Å². The van der Waals surface area contributed by atoms with E-state index in [1.807, 2.05) is 13.8 Å². The SMILES string of the molecule is CC(C)n1ccnc(NCCc2ncc[nH]2)c1=O. The van der Waals surface area contributed by atoms with Crippen molar-refractivity contribution in [2.45, 2.75) is 26.3 Å². The molecule has 6 nitrogen and oxygen atoms in total. The molecule has 0 fully saturated rings. The Morgan fingerprint density at radius 1 is 1.39 bits per heavy atom. The Kier molecular flexibility index (Phi) is 3.76. The van der Waals surface area contributed by atoms with Gasteiger partial charge in [0.15, 0.2) is 5.82 Å². The molecule has 2 heterocycles. The standard InChI is InChI=1S/C12H17N5O/c1-9(2)17-8-7-16-11(12(17)18)15-4-3-10-13-5-6-14-10/h5-9H,3-4H2,1-2H3,(H,13,14)(H,15,16). The van der Waals surface area contributed by atoms with E-state index in [0.717, 1.165) is 12.2 Å². The molecule has 6 heteroatoms. The molecule has 0 radical (unpaired) electrons. The highest BCUT2D eigenvalue weighted by atomic mass is 16.1. The number of nitrogens with zero attached hydrogens (tertiary/aromatic N) is 3. The third-order valence-electron chi connectivity index (χ3n) is 2.63. The summed E-state index contributed by atoms with van der Waals surface area (Å²) in [6.45, 7) is 4.56.